The van der Waals surface area contributed by atoms with Crippen molar-refractivity contribution in [3.05, 3.63) is 36.2 Å². The number of aromatic nitrogens is 3. The van der Waals surface area contributed by atoms with Crippen LogP contribution < -0.4 is 10.6 Å². The summed E-state index contributed by atoms with van der Waals surface area (Å²) in [5.41, 5.74) is 7.05. The molecule has 7 nitrogen and oxygen atoms in total. The van der Waals surface area contributed by atoms with Gasteiger partial charge >= 0.3 is 0 Å². The topological polar surface area (TPSA) is 94.2 Å². The van der Waals surface area contributed by atoms with E-state index < -0.39 is 11.9 Å². The molecule has 2 aromatic rings. The van der Waals surface area contributed by atoms with E-state index in [0.29, 0.717) is 30.5 Å². The molecule has 23 heavy (non-hydrogen) atoms. The molecule has 0 saturated carbocycles. The number of primary amides is 1. The van der Waals surface area contributed by atoms with Gasteiger partial charge in [0.05, 0.1) is 12.7 Å². The molecule has 1 aliphatic rings. The fourth-order valence-corrected chi connectivity index (χ4v) is 2.77. The number of nitrogens with two attached hydrogens (primary N) is 1. The summed E-state index contributed by atoms with van der Waals surface area (Å²) in [6.45, 7) is 4.80. The molecule has 1 fully saturated rings. The highest BCUT2D eigenvalue weighted by Crippen LogP contribution is 2.24. The highest BCUT2D eigenvalue weighted by molar-refractivity contribution is 5.84. The Morgan fingerprint density at radius 1 is 1.39 bits per heavy atom. The molecule has 2 atom stereocenters. The number of carbonyl (C=O) groups excluding carboxylic acids is 1. The van der Waals surface area contributed by atoms with Crippen LogP contribution in [0.3, 0.4) is 0 Å². The molecule has 2 N–H and O–H groups in total. The minimum absolute atomic E-state index is 0.283. The van der Waals surface area contributed by atoms with Crippen LogP contribution in [0.5, 0.6) is 0 Å². The SMILES string of the molecule is Cc1cc(N2CCO[C@H](C)[C@H]2C(N)=O)nc(-c2ccccn2)n1. The third kappa shape index (κ3) is 3.14. The van der Waals surface area contributed by atoms with Crippen LogP contribution in [0.1, 0.15) is 12.6 Å². The lowest BCUT2D eigenvalue weighted by atomic mass is 10.1. The minimum atomic E-state index is -0.547. The summed E-state index contributed by atoms with van der Waals surface area (Å²) in [7, 11) is 0. The van der Waals surface area contributed by atoms with Crippen LogP contribution in [0.25, 0.3) is 11.5 Å². The maximum Gasteiger partial charge on any atom is 0.242 e. The van der Waals surface area contributed by atoms with Crippen molar-refractivity contribution in [3.63, 3.8) is 0 Å². The van der Waals surface area contributed by atoms with Crippen molar-refractivity contribution in [1.29, 1.82) is 0 Å². The predicted molar refractivity (Wildman–Crippen MR) is 85.7 cm³/mol. The molecule has 0 spiro atoms. The van der Waals surface area contributed by atoms with Crippen molar-refractivity contribution < 1.29 is 9.53 Å². The van der Waals surface area contributed by atoms with E-state index in [1.54, 1.807) is 6.20 Å². The molecule has 3 heterocycles. The summed E-state index contributed by atoms with van der Waals surface area (Å²) in [6.07, 6.45) is 1.42. The maximum absolute atomic E-state index is 11.8. The number of hydrogen-bond acceptors (Lipinski definition) is 6. The zero-order valence-corrected chi connectivity index (χ0v) is 13.1. The van der Waals surface area contributed by atoms with E-state index >= 15 is 0 Å². The molecule has 0 aliphatic carbocycles. The Hall–Kier alpha value is -2.54. The average Bonchev–Trinajstić information content (AvgIpc) is 2.54. The maximum atomic E-state index is 11.8. The Balaban J connectivity index is 2.02. The number of carbonyl (C=O) groups is 1. The lowest BCUT2D eigenvalue weighted by molar-refractivity contribution is -0.124. The number of rotatable bonds is 3. The zero-order valence-electron chi connectivity index (χ0n) is 13.1. The van der Waals surface area contributed by atoms with E-state index in [2.05, 4.69) is 15.0 Å². The monoisotopic (exact) mass is 313 g/mol. The van der Waals surface area contributed by atoms with E-state index in [1.165, 1.54) is 0 Å². The average molecular weight is 313 g/mol. The molecular formula is C16H19N5O2. The smallest absolute Gasteiger partial charge is 0.242 e. The second kappa shape index (κ2) is 6.29. The van der Waals surface area contributed by atoms with Crippen molar-refractivity contribution in [2.75, 3.05) is 18.1 Å². The van der Waals surface area contributed by atoms with Gasteiger partial charge < -0.3 is 15.4 Å². The molecule has 0 aromatic carbocycles. The molecule has 7 heteroatoms. The summed E-state index contributed by atoms with van der Waals surface area (Å²) in [4.78, 5) is 27.0. The summed E-state index contributed by atoms with van der Waals surface area (Å²) >= 11 is 0. The minimum Gasteiger partial charge on any atom is -0.374 e. The van der Waals surface area contributed by atoms with Crippen molar-refractivity contribution in [2.24, 2.45) is 5.73 Å². The van der Waals surface area contributed by atoms with Gasteiger partial charge in [-0.05, 0) is 26.0 Å². The first kappa shape index (κ1) is 15.4. The summed E-state index contributed by atoms with van der Waals surface area (Å²) in [6, 6.07) is 6.88. The van der Waals surface area contributed by atoms with Crippen molar-refractivity contribution in [3.8, 4) is 11.5 Å². The van der Waals surface area contributed by atoms with Gasteiger partial charge in [0.25, 0.3) is 0 Å². The molecule has 2 aromatic heterocycles. The van der Waals surface area contributed by atoms with Crippen molar-refractivity contribution in [1.82, 2.24) is 15.0 Å². The number of amides is 1. The van der Waals surface area contributed by atoms with Crippen LogP contribution >= 0.6 is 0 Å². The summed E-state index contributed by atoms with van der Waals surface area (Å²) in [5, 5.41) is 0. The number of aryl methyl sites for hydroxylation is 1. The lowest BCUT2D eigenvalue weighted by Crippen LogP contribution is -2.57. The molecule has 1 aliphatic heterocycles. The van der Waals surface area contributed by atoms with E-state index in [9.17, 15) is 4.79 Å². The van der Waals surface area contributed by atoms with Gasteiger partial charge in [-0.2, -0.15) is 0 Å². The Labute approximate surface area is 134 Å². The second-order valence-corrected chi connectivity index (χ2v) is 5.52. The number of ether oxygens (including phenoxy) is 1. The van der Waals surface area contributed by atoms with E-state index in [-0.39, 0.29) is 6.10 Å². The normalized spacial score (nSPS) is 21.2. The Morgan fingerprint density at radius 3 is 2.91 bits per heavy atom. The number of morpholine rings is 1. The fourth-order valence-electron chi connectivity index (χ4n) is 2.77. The number of hydrogen-bond donors (Lipinski definition) is 1. The predicted octanol–water partition coefficient (Wildman–Crippen LogP) is 0.926. The standard InChI is InChI=1S/C16H19N5O2/c1-10-9-13(20-16(19-10)12-5-3-4-6-18-12)21-7-8-23-11(2)14(21)15(17)22/h3-6,9,11,14H,7-8H2,1-2H3,(H2,17,22)/t11-,14+/m1/s1. The molecule has 0 radical (unpaired) electrons. The van der Waals surface area contributed by atoms with Crippen LogP contribution in [0.4, 0.5) is 5.82 Å². The highest BCUT2D eigenvalue weighted by atomic mass is 16.5. The quantitative estimate of drug-likeness (QED) is 0.906. The summed E-state index contributed by atoms with van der Waals surface area (Å²) in [5.74, 6) is 0.771. The van der Waals surface area contributed by atoms with Crippen LogP contribution in [-0.4, -0.2) is 46.2 Å². The molecule has 0 bridgehead atoms. The Bertz CT molecular complexity index is 707. The van der Waals surface area contributed by atoms with Crippen LogP contribution in [0, 0.1) is 6.92 Å². The first-order chi connectivity index (χ1) is 11.1. The molecule has 3 rings (SSSR count). The number of nitrogens with zero attached hydrogens (tertiary/aromatic N) is 4. The molecular weight excluding hydrogens is 294 g/mol. The fraction of sp³-hybridized carbons (Fsp3) is 0.375. The van der Waals surface area contributed by atoms with Gasteiger partial charge in [-0.15, -0.1) is 0 Å². The number of anilines is 1. The van der Waals surface area contributed by atoms with Gasteiger partial charge in [0.15, 0.2) is 5.82 Å². The first-order valence-corrected chi connectivity index (χ1v) is 7.51. The molecule has 1 amide bonds. The van der Waals surface area contributed by atoms with Crippen molar-refractivity contribution in [2.45, 2.75) is 26.0 Å². The molecule has 0 unspecified atom stereocenters. The zero-order chi connectivity index (χ0) is 16.4. The van der Waals surface area contributed by atoms with Gasteiger partial charge in [0.2, 0.25) is 5.91 Å². The van der Waals surface area contributed by atoms with Crippen molar-refractivity contribution >= 4 is 11.7 Å². The third-order valence-corrected chi connectivity index (χ3v) is 3.81. The van der Waals surface area contributed by atoms with Gasteiger partial charge in [0, 0.05) is 24.5 Å². The lowest BCUT2D eigenvalue weighted by Gasteiger charge is -2.38. The van der Waals surface area contributed by atoms with Crippen LogP contribution in [-0.2, 0) is 9.53 Å². The van der Waals surface area contributed by atoms with Gasteiger partial charge in [0.1, 0.15) is 17.6 Å². The van der Waals surface area contributed by atoms with E-state index in [0.717, 1.165) is 5.69 Å². The second-order valence-electron chi connectivity index (χ2n) is 5.52. The Kier molecular flexibility index (Phi) is 4.20. The largest absolute Gasteiger partial charge is 0.374 e. The third-order valence-electron chi connectivity index (χ3n) is 3.81. The van der Waals surface area contributed by atoms with Gasteiger partial charge in [-0.1, -0.05) is 6.07 Å². The van der Waals surface area contributed by atoms with E-state index in [1.807, 2.05) is 43.0 Å². The van der Waals surface area contributed by atoms with E-state index in [4.69, 9.17) is 10.5 Å². The van der Waals surface area contributed by atoms with Gasteiger partial charge in [-0.25, -0.2) is 9.97 Å². The van der Waals surface area contributed by atoms with Crippen LogP contribution in [0.15, 0.2) is 30.5 Å². The molecule has 120 valence electrons. The highest BCUT2D eigenvalue weighted by Gasteiger charge is 2.35. The Morgan fingerprint density at radius 2 is 2.22 bits per heavy atom. The number of pyridine rings is 1. The summed E-state index contributed by atoms with van der Waals surface area (Å²) < 4.78 is 5.55. The molecule has 1 saturated heterocycles. The van der Waals surface area contributed by atoms with Gasteiger partial charge in [-0.3, -0.25) is 9.78 Å². The van der Waals surface area contributed by atoms with Crippen LogP contribution in [0.2, 0.25) is 0 Å². The first-order valence-electron chi connectivity index (χ1n) is 7.51.